The van der Waals surface area contributed by atoms with Crippen LogP contribution in [0.4, 0.5) is 11.9 Å². The average molecular weight is 250 g/mol. The summed E-state index contributed by atoms with van der Waals surface area (Å²) in [6.45, 7) is 2.00. The second-order valence-electron chi connectivity index (χ2n) is 3.56. The van der Waals surface area contributed by atoms with E-state index < -0.39 is 0 Å². The van der Waals surface area contributed by atoms with E-state index in [0.29, 0.717) is 5.95 Å². The van der Waals surface area contributed by atoms with E-state index in [0.717, 1.165) is 5.56 Å². The molecular formula is C11H12ClN5. The summed E-state index contributed by atoms with van der Waals surface area (Å²) in [6, 6.07) is 10.0. The fourth-order valence-corrected chi connectivity index (χ4v) is 1.62. The van der Waals surface area contributed by atoms with E-state index in [1.165, 1.54) is 0 Å². The molecule has 0 radical (unpaired) electrons. The number of benzene rings is 1. The van der Waals surface area contributed by atoms with E-state index in [-0.39, 0.29) is 17.3 Å². The van der Waals surface area contributed by atoms with Gasteiger partial charge in [0.05, 0.1) is 6.04 Å². The predicted octanol–water partition coefficient (Wildman–Crippen LogP) is 2.28. The van der Waals surface area contributed by atoms with Crippen molar-refractivity contribution >= 4 is 23.5 Å². The zero-order valence-electron chi connectivity index (χ0n) is 9.26. The summed E-state index contributed by atoms with van der Waals surface area (Å²) in [5, 5.41) is 3.20. The lowest BCUT2D eigenvalue weighted by atomic mass is 10.1. The number of nitrogen functional groups attached to an aromatic ring is 1. The molecule has 0 spiro atoms. The summed E-state index contributed by atoms with van der Waals surface area (Å²) in [5.74, 6) is 0.478. The van der Waals surface area contributed by atoms with Crippen molar-refractivity contribution < 1.29 is 0 Å². The number of hydrogen-bond donors (Lipinski definition) is 2. The van der Waals surface area contributed by atoms with Gasteiger partial charge in [0.25, 0.3) is 0 Å². The molecule has 0 aliphatic carbocycles. The van der Waals surface area contributed by atoms with Gasteiger partial charge in [-0.05, 0) is 24.1 Å². The van der Waals surface area contributed by atoms with Crippen LogP contribution in [0.25, 0.3) is 0 Å². The topological polar surface area (TPSA) is 76.7 Å². The first kappa shape index (κ1) is 11.6. The molecule has 17 heavy (non-hydrogen) atoms. The van der Waals surface area contributed by atoms with Crippen molar-refractivity contribution in [3.63, 3.8) is 0 Å². The van der Waals surface area contributed by atoms with Crippen LogP contribution < -0.4 is 11.1 Å². The minimum atomic E-state index is 0.0640. The van der Waals surface area contributed by atoms with E-state index >= 15 is 0 Å². The smallest absolute Gasteiger partial charge is 0.229 e. The van der Waals surface area contributed by atoms with Crippen molar-refractivity contribution in [3.8, 4) is 0 Å². The molecule has 2 aromatic rings. The fraction of sp³-hybridized carbons (Fsp3) is 0.182. The van der Waals surface area contributed by atoms with Gasteiger partial charge in [-0.3, -0.25) is 0 Å². The molecule has 0 bridgehead atoms. The predicted molar refractivity (Wildman–Crippen MR) is 67.7 cm³/mol. The van der Waals surface area contributed by atoms with Gasteiger partial charge in [-0.15, -0.1) is 0 Å². The molecule has 0 saturated carbocycles. The number of nitrogens with zero attached hydrogens (tertiary/aromatic N) is 3. The largest absolute Gasteiger partial charge is 0.368 e. The van der Waals surface area contributed by atoms with Crippen LogP contribution in [0.15, 0.2) is 30.3 Å². The average Bonchev–Trinajstić information content (AvgIpc) is 2.28. The molecule has 88 valence electrons. The third-order valence-corrected chi connectivity index (χ3v) is 2.44. The lowest BCUT2D eigenvalue weighted by molar-refractivity contribution is 0.855. The maximum atomic E-state index is 5.70. The van der Waals surface area contributed by atoms with Crippen molar-refractivity contribution in [2.45, 2.75) is 13.0 Å². The van der Waals surface area contributed by atoms with Gasteiger partial charge in [-0.25, -0.2) is 0 Å². The van der Waals surface area contributed by atoms with Crippen LogP contribution in [0.1, 0.15) is 18.5 Å². The molecule has 1 atom stereocenters. The Kier molecular flexibility index (Phi) is 3.39. The van der Waals surface area contributed by atoms with Crippen LogP contribution in [0.3, 0.4) is 0 Å². The number of rotatable bonds is 3. The Morgan fingerprint density at radius 1 is 1.18 bits per heavy atom. The van der Waals surface area contributed by atoms with Gasteiger partial charge in [0.1, 0.15) is 0 Å². The third kappa shape index (κ3) is 3.04. The molecule has 0 unspecified atom stereocenters. The van der Waals surface area contributed by atoms with Gasteiger partial charge in [-0.2, -0.15) is 15.0 Å². The van der Waals surface area contributed by atoms with Crippen molar-refractivity contribution in [2.75, 3.05) is 11.1 Å². The molecule has 5 nitrogen and oxygen atoms in total. The molecule has 1 aromatic carbocycles. The number of halogens is 1. The molecule has 1 heterocycles. The van der Waals surface area contributed by atoms with Gasteiger partial charge in [0, 0.05) is 0 Å². The maximum Gasteiger partial charge on any atom is 0.229 e. The summed E-state index contributed by atoms with van der Waals surface area (Å²) in [7, 11) is 0. The monoisotopic (exact) mass is 249 g/mol. The quantitative estimate of drug-likeness (QED) is 0.873. The van der Waals surface area contributed by atoms with Crippen molar-refractivity contribution in [1.82, 2.24) is 15.0 Å². The number of anilines is 2. The molecule has 0 fully saturated rings. The van der Waals surface area contributed by atoms with Crippen molar-refractivity contribution in [1.29, 1.82) is 0 Å². The van der Waals surface area contributed by atoms with Crippen molar-refractivity contribution in [2.24, 2.45) is 0 Å². The number of aromatic nitrogens is 3. The molecule has 0 saturated heterocycles. The van der Waals surface area contributed by atoms with Crippen LogP contribution in [0.5, 0.6) is 0 Å². The lowest BCUT2D eigenvalue weighted by Gasteiger charge is -2.13. The summed E-state index contributed by atoms with van der Waals surface area (Å²) in [4.78, 5) is 11.6. The second kappa shape index (κ2) is 4.97. The maximum absolute atomic E-state index is 5.70. The molecule has 2 rings (SSSR count). The zero-order chi connectivity index (χ0) is 12.3. The normalized spacial score (nSPS) is 12.1. The molecule has 0 aliphatic heterocycles. The number of nitrogens with two attached hydrogens (primary N) is 1. The molecule has 0 aliphatic rings. The lowest BCUT2D eigenvalue weighted by Crippen LogP contribution is -2.11. The van der Waals surface area contributed by atoms with Crippen molar-refractivity contribution in [3.05, 3.63) is 41.2 Å². The van der Waals surface area contributed by atoms with Crippen LogP contribution >= 0.6 is 11.6 Å². The van der Waals surface area contributed by atoms with E-state index in [1.54, 1.807) is 0 Å². The third-order valence-electron chi connectivity index (χ3n) is 2.27. The molecular weight excluding hydrogens is 238 g/mol. The highest BCUT2D eigenvalue weighted by Crippen LogP contribution is 2.17. The first-order chi connectivity index (χ1) is 8.15. The first-order valence-electron chi connectivity index (χ1n) is 5.13. The van der Waals surface area contributed by atoms with Gasteiger partial charge >= 0.3 is 0 Å². The number of nitrogens with one attached hydrogen (secondary N) is 1. The minimum absolute atomic E-state index is 0.0640. The van der Waals surface area contributed by atoms with Gasteiger partial charge in [-0.1, -0.05) is 30.3 Å². The highest BCUT2D eigenvalue weighted by molar-refractivity contribution is 6.28. The molecule has 0 amide bonds. The molecule has 6 heteroatoms. The Hall–Kier alpha value is -1.88. The Balaban J connectivity index is 2.16. The summed E-state index contributed by atoms with van der Waals surface area (Å²) in [6.07, 6.45) is 0. The highest BCUT2D eigenvalue weighted by Gasteiger charge is 2.08. The van der Waals surface area contributed by atoms with Crippen LogP contribution in [0.2, 0.25) is 5.28 Å². The van der Waals surface area contributed by atoms with Gasteiger partial charge in [0.2, 0.25) is 17.2 Å². The van der Waals surface area contributed by atoms with Crippen LogP contribution in [-0.4, -0.2) is 15.0 Å². The Labute approximate surface area is 104 Å². The Morgan fingerprint density at radius 3 is 2.53 bits per heavy atom. The summed E-state index contributed by atoms with van der Waals surface area (Å²) < 4.78 is 0. The SMILES string of the molecule is C[C@@H](Nc1nc(N)nc(Cl)n1)c1ccccc1. The van der Waals surface area contributed by atoms with E-state index in [4.69, 9.17) is 17.3 Å². The van der Waals surface area contributed by atoms with Crippen LogP contribution in [0, 0.1) is 0 Å². The molecule has 3 N–H and O–H groups in total. The summed E-state index contributed by atoms with van der Waals surface area (Å²) >= 11 is 5.70. The van der Waals surface area contributed by atoms with Gasteiger partial charge in [0.15, 0.2) is 0 Å². The first-order valence-corrected chi connectivity index (χ1v) is 5.51. The number of hydrogen-bond acceptors (Lipinski definition) is 5. The standard InChI is InChI=1S/C11H12ClN5/c1-7(8-5-3-2-4-6-8)14-11-16-9(12)15-10(13)17-11/h2-7H,1H3,(H3,13,14,15,16,17)/t7-/m1/s1. The fourth-order valence-electron chi connectivity index (χ4n) is 1.45. The Bertz CT molecular complexity index is 482. The minimum Gasteiger partial charge on any atom is -0.368 e. The van der Waals surface area contributed by atoms with E-state index in [9.17, 15) is 0 Å². The molecule has 1 aromatic heterocycles. The van der Waals surface area contributed by atoms with Gasteiger partial charge < -0.3 is 11.1 Å². The zero-order valence-corrected chi connectivity index (χ0v) is 10.0. The van der Waals surface area contributed by atoms with Crippen LogP contribution in [-0.2, 0) is 0 Å². The Morgan fingerprint density at radius 2 is 1.88 bits per heavy atom. The van der Waals surface area contributed by atoms with E-state index in [2.05, 4.69) is 20.3 Å². The van der Waals surface area contributed by atoms with E-state index in [1.807, 2.05) is 37.3 Å². The highest BCUT2D eigenvalue weighted by atomic mass is 35.5. The second-order valence-corrected chi connectivity index (χ2v) is 3.90. The summed E-state index contributed by atoms with van der Waals surface area (Å²) in [5.41, 5.74) is 6.61.